The number of nitrogens with one attached hydrogen (secondary N) is 1. The monoisotopic (exact) mass is 360 g/mol. The number of hydrogen-bond acceptors (Lipinski definition) is 4. The summed E-state index contributed by atoms with van der Waals surface area (Å²) in [6.07, 6.45) is 1.83. The van der Waals surface area contributed by atoms with Gasteiger partial charge in [-0.3, -0.25) is 5.10 Å². The highest BCUT2D eigenvalue weighted by molar-refractivity contribution is 6.02. The summed E-state index contributed by atoms with van der Waals surface area (Å²) in [4.78, 5) is 0. The molecule has 0 spiro atoms. The van der Waals surface area contributed by atoms with Gasteiger partial charge in [0.15, 0.2) is 11.5 Å². The minimum absolute atomic E-state index is 0.682. The Kier molecular flexibility index (Phi) is 4.42. The van der Waals surface area contributed by atoms with Crippen LogP contribution in [0.25, 0.3) is 33.2 Å². The minimum atomic E-state index is 0.682. The zero-order valence-electron chi connectivity index (χ0n) is 15.4. The van der Waals surface area contributed by atoms with Crippen LogP contribution < -0.4 is 14.2 Å². The normalized spacial score (nSPS) is 10.8. The summed E-state index contributed by atoms with van der Waals surface area (Å²) in [5, 5.41) is 9.61. The molecular weight excluding hydrogens is 340 g/mol. The number of H-pyrrole nitrogens is 1. The van der Waals surface area contributed by atoms with Crippen molar-refractivity contribution in [3.63, 3.8) is 0 Å². The molecule has 0 amide bonds. The van der Waals surface area contributed by atoms with E-state index in [-0.39, 0.29) is 0 Å². The fourth-order valence-corrected chi connectivity index (χ4v) is 3.38. The smallest absolute Gasteiger partial charge is 0.161 e. The van der Waals surface area contributed by atoms with Gasteiger partial charge in [0.2, 0.25) is 0 Å². The summed E-state index contributed by atoms with van der Waals surface area (Å²) in [5.41, 5.74) is 4.00. The van der Waals surface area contributed by atoms with Crippen molar-refractivity contribution in [1.29, 1.82) is 0 Å². The van der Waals surface area contributed by atoms with Gasteiger partial charge in [-0.2, -0.15) is 5.10 Å². The van der Waals surface area contributed by atoms with E-state index in [1.54, 1.807) is 21.3 Å². The first-order chi connectivity index (χ1) is 13.3. The van der Waals surface area contributed by atoms with Crippen LogP contribution in [-0.2, 0) is 0 Å². The van der Waals surface area contributed by atoms with Crippen LogP contribution in [0.4, 0.5) is 0 Å². The molecule has 4 aromatic rings. The van der Waals surface area contributed by atoms with E-state index < -0.39 is 0 Å². The van der Waals surface area contributed by atoms with Gasteiger partial charge in [0.1, 0.15) is 5.75 Å². The number of nitrogens with zero attached hydrogens (tertiary/aromatic N) is 1. The van der Waals surface area contributed by atoms with Crippen LogP contribution in [0, 0.1) is 0 Å². The maximum absolute atomic E-state index is 5.51. The van der Waals surface area contributed by atoms with Gasteiger partial charge in [-0.1, -0.05) is 30.3 Å². The van der Waals surface area contributed by atoms with Crippen molar-refractivity contribution in [3.8, 4) is 39.6 Å². The zero-order valence-corrected chi connectivity index (χ0v) is 15.4. The van der Waals surface area contributed by atoms with Crippen LogP contribution in [0.5, 0.6) is 17.2 Å². The van der Waals surface area contributed by atoms with Crippen molar-refractivity contribution >= 4 is 10.8 Å². The van der Waals surface area contributed by atoms with Gasteiger partial charge >= 0.3 is 0 Å². The van der Waals surface area contributed by atoms with E-state index in [1.165, 1.54) is 0 Å². The molecule has 27 heavy (non-hydrogen) atoms. The highest BCUT2D eigenvalue weighted by Gasteiger charge is 2.16. The second kappa shape index (κ2) is 7.03. The molecule has 0 saturated carbocycles. The van der Waals surface area contributed by atoms with Crippen LogP contribution in [-0.4, -0.2) is 31.5 Å². The van der Waals surface area contributed by atoms with Gasteiger partial charge in [-0.25, -0.2) is 0 Å². The van der Waals surface area contributed by atoms with E-state index in [2.05, 4.69) is 28.4 Å². The first kappa shape index (κ1) is 17.0. The topological polar surface area (TPSA) is 56.4 Å². The van der Waals surface area contributed by atoms with Crippen molar-refractivity contribution in [2.75, 3.05) is 21.3 Å². The average Bonchev–Trinajstić information content (AvgIpc) is 3.22. The Hall–Kier alpha value is -3.47. The molecule has 0 aliphatic rings. The molecule has 4 rings (SSSR count). The zero-order chi connectivity index (χ0) is 18.8. The van der Waals surface area contributed by atoms with Gasteiger partial charge in [-0.05, 0) is 35.2 Å². The molecule has 0 atom stereocenters. The molecule has 1 aromatic heterocycles. The van der Waals surface area contributed by atoms with Gasteiger partial charge in [0.05, 0.1) is 33.2 Å². The number of ether oxygens (including phenoxy) is 3. The van der Waals surface area contributed by atoms with E-state index in [4.69, 9.17) is 14.2 Å². The van der Waals surface area contributed by atoms with Gasteiger partial charge in [0.25, 0.3) is 0 Å². The van der Waals surface area contributed by atoms with Crippen LogP contribution >= 0.6 is 0 Å². The molecule has 136 valence electrons. The molecule has 0 bridgehead atoms. The third kappa shape index (κ3) is 2.87. The highest BCUT2D eigenvalue weighted by Crippen LogP contribution is 2.39. The summed E-state index contributed by atoms with van der Waals surface area (Å²) >= 11 is 0. The molecule has 0 aliphatic carbocycles. The molecule has 0 unspecified atom stereocenters. The molecular formula is C22H20N2O3. The van der Waals surface area contributed by atoms with Gasteiger partial charge < -0.3 is 14.2 Å². The molecule has 5 heteroatoms. The molecule has 3 aromatic carbocycles. The minimum Gasteiger partial charge on any atom is -0.496 e. The largest absolute Gasteiger partial charge is 0.496 e. The van der Waals surface area contributed by atoms with E-state index in [1.807, 2.05) is 42.6 Å². The third-order valence-electron chi connectivity index (χ3n) is 4.71. The maximum atomic E-state index is 5.51. The van der Waals surface area contributed by atoms with Crippen molar-refractivity contribution < 1.29 is 14.2 Å². The molecule has 0 fully saturated rings. The Labute approximate surface area is 157 Å². The Morgan fingerprint density at radius 2 is 1.41 bits per heavy atom. The molecule has 0 saturated heterocycles. The number of rotatable bonds is 5. The fraction of sp³-hybridized carbons (Fsp3) is 0.136. The van der Waals surface area contributed by atoms with Crippen molar-refractivity contribution in [2.45, 2.75) is 0 Å². The van der Waals surface area contributed by atoms with E-state index >= 15 is 0 Å². The molecule has 1 N–H and O–H groups in total. The first-order valence-electron chi connectivity index (χ1n) is 8.58. The lowest BCUT2D eigenvalue weighted by Gasteiger charge is -2.12. The van der Waals surface area contributed by atoms with Crippen LogP contribution in [0.3, 0.4) is 0 Å². The van der Waals surface area contributed by atoms with Crippen molar-refractivity contribution in [3.05, 3.63) is 60.8 Å². The fourth-order valence-electron chi connectivity index (χ4n) is 3.38. The molecule has 0 radical (unpaired) electrons. The SMILES string of the molecule is COc1ccc(-c2cn[nH]c2-c2ccc(OC)c3ccccc23)cc1OC. The predicted molar refractivity (Wildman–Crippen MR) is 107 cm³/mol. The highest BCUT2D eigenvalue weighted by atomic mass is 16.5. The number of hydrogen-bond donors (Lipinski definition) is 1. The quantitative estimate of drug-likeness (QED) is 0.549. The van der Waals surface area contributed by atoms with Crippen LogP contribution in [0.15, 0.2) is 60.8 Å². The Bertz CT molecular complexity index is 1100. The van der Waals surface area contributed by atoms with Crippen molar-refractivity contribution in [2.24, 2.45) is 0 Å². The predicted octanol–water partition coefficient (Wildman–Crippen LogP) is 4.92. The first-order valence-corrected chi connectivity index (χ1v) is 8.58. The summed E-state index contributed by atoms with van der Waals surface area (Å²) in [6.45, 7) is 0. The Morgan fingerprint density at radius 3 is 2.15 bits per heavy atom. The number of benzene rings is 3. The number of aromatic amines is 1. The molecule has 1 heterocycles. The second-order valence-corrected chi connectivity index (χ2v) is 6.09. The lowest BCUT2D eigenvalue weighted by atomic mass is 9.96. The van der Waals surface area contributed by atoms with E-state index in [0.717, 1.165) is 38.9 Å². The lowest BCUT2D eigenvalue weighted by molar-refractivity contribution is 0.355. The van der Waals surface area contributed by atoms with Crippen molar-refractivity contribution in [1.82, 2.24) is 10.2 Å². The number of methoxy groups -OCH3 is 3. The Morgan fingerprint density at radius 1 is 0.704 bits per heavy atom. The summed E-state index contributed by atoms with van der Waals surface area (Å²) in [7, 11) is 4.95. The number of fused-ring (bicyclic) bond motifs is 1. The third-order valence-corrected chi connectivity index (χ3v) is 4.71. The second-order valence-electron chi connectivity index (χ2n) is 6.09. The lowest BCUT2D eigenvalue weighted by Crippen LogP contribution is -1.92. The average molecular weight is 360 g/mol. The summed E-state index contributed by atoms with van der Waals surface area (Å²) in [6, 6.07) is 18.1. The van der Waals surface area contributed by atoms with Crippen LogP contribution in [0.2, 0.25) is 0 Å². The van der Waals surface area contributed by atoms with Crippen LogP contribution in [0.1, 0.15) is 0 Å². The molecule has 5 nitrogen and oxygen atoms in total. The van der Waals surface area contributed by atoms with E-state index in [9.17, 15) is 0 Å². The Balaban J connectivity index is 1.90. The standard InChI is InChI=1S/C22H20N2O3/c1-25-19-11-9-17(15-6-4-5-7-16(15)19)22-18(13-23-24-22)14-8-10-20(26-2)21(12-14)27-3/h4-13H,1-3H3,(H,23,24). The number of aromatic nitrogens is 2. The van der Waals surface area contributed by atoms with Gasteiger partial charge in [-0.15, -0.1) is 0 Å². The summed E-state index contributed by atoms with van der Waals surface area (Å²) in [5.74, 6) is 2.23. The van der Waals surface area contributed by atoms with E-state index in [0.29, 0.717) is 11.5 Å². The summed E-state index contributed by atoms with van der Waals surface area (Å²) < 4.78 is 16.3. The maximum Gasteiger partial charge on any atom is 0.161 e. The van der Waals surface area contributed by atoms with Gasteiger partial charge in [0, 0.05) is 16.5 Å². The molecule has 0 aliphatic heterocycles.